The predicted molar refractivity (Wildman–Crippen MR) is 39.2 cm³/mol. The molecule has 13 heavy (non-hydrogen) atoms. The minimum Gasteiger partial charge on any atom is -0.568 e. The van der Waals surface area contributed by atoms with Crippen molar-refractivity contribution in [1.82, 2.24) is 9.97 Å². The summed E-state index contributed by atoms with van der Waals surface area (Å²) in [6.07, 6.45) is 0. The van der Waals surface area contributed by atoms with E-state index in [1.54, 1.807) is 0 Å². The Labute approximate surface area is 121 Å². The summed E-state index contributed by atoms with van der Waals surface area (Å²) in [5.74, 6) is -2.34. The average Bonchev–Trinajstić information content (AvgIpc) is 2.01. The Kier molecular flexibility index (Phi) is 6.87. The topological polar surface area (TPSA) is 25.8 Å². The molecule has 0 saturated heterocycles. The van der Waals surface area contributed by atoms with Gasteiger partial charge in [0, 0.05) is 0 Å². The number of hydrogen-bond donors (Lipinski definition) is 0. The van der Waals surface area contributed by atoms with Crippen molar-refractivity contribution in [1.29, 1.82) is 0 Å². The summed E-state index contributed by atoms with van der Waals surface area (Å²) in [6, 6.07) is -0.844. The Morgan fingerprint density at radius 3 is 2.08 bits per heavy atom. The van der Waals surface area contributed by atoms with Gasteiger partial charge in [0.25, 0.3) is 0 Å². The van der Waals surface area contributed by atoms with Crippen molar-refractivity contribution in [2.45, 2.75) is 5.16 Å². The summed E-state index contributed by atoms with van der Waals surface area (Å²) in [6.45, 7) is 0. The van der Waals surface area contributed by atoms with Crippen LogP contribution in [0.1, 0.15) is 0 Å². The van der Waals surface area contributed by atoms with Crippen LogP contribution in [0.3, 0.4) is 0 Å². The molecule has 1 heterocycles. The number of aromatic nitrogens is 2. The van der Waals surface area contributed by atoms with E-state index in [4.69, 9.17) is 7.85 Å². The van der Waals surface area contributed by atoms with Gasteiger partial charge in [0.15, 0.2) is 17.1 Å². The maximum Gasteiger partial charge on any atom is 1.00 e. The third-order valence-electron chi connectivity index (χ3n) is 1.02. The molecule has 0 amide bonds. The van der Waals surface area contributed by atoms with Gasteiger partial charge < -0.3 is 7.85 Å². The SMILES string of the molecule is [B-]c1c(F)nc(SCF)nc1F.[K+]. The second-order valence-corrected chi connectivity index (χ2v) is 2.63. The number of hydrogen-bond acceptors (Lipinski definition) is 3. The molecule has 63 valence electrons. The second-order valence-electron chi connectivity index (χ2n) is 1.75. The van der Waals surface area contributed by atoms with Crippen LogP contribution in [0.4, 0.5) is 13.2 Å². The van der Waals surface area contributed by atoms with Crippen LogP contribution in [-0.4, -0.2) is 23.8 Å². The molecular formula is C5H2BF3KN2S. The number of thioether (sulfide) groups is 1. The normalized spacial score (nSPS) is 9.54. The Hall–Kier alpha value is 0.921. The molecule has 0 bridgehead atoms. The summed E-state index contributed by atoms with van der Waals surface area (Å²) in [7, 11) is 4.87. The molecule has 1 rings (SSSR count). The van der Waals surface area contributed by atoms with E-state index in [1.807, 2.05) is 0 Å². The van der Waals surface area contributed by atoms with Crippen LogP contribution >= 0.6 is 11.8 Å². The Morgan fingerprint density at radius 1 is 1.23 bits per heavy atom. The monoisotopic (exact) mass is 229 g/mol. The van der Waals surface area contributed by atoms with Crippen LogP contribution in [-0.2, 0) is 0 Å². The van der Waals surface area contributed by atoms with Crippen LogP contribution in [0.25, 0.3) is 0 Å². The van der Waals surface area contributed by atoms with Crippen molar-refractivity contribution < 1.29 is 64.6 Å². The van der Waals surface area contributed by atoms with E-state index in [1.165, 1.54) is 0 Å². The fourth-order valence-corrected chi connectivity index (χ4v) is 0.899. The van der Waals surface area contributed by atoms with Crippen molar-refractivity contribution in [3.8, 4) is 0 Å². The third kappa shape index (κ3) is 3.88. The van der Waals surface area contributed by atoms with E-state index in [2.05, 4.69) is 9.97 Å². The van der Waals surface area contributed by atoms with Crippen LogP contribution in [0.5, 0.6) is 0 Å². The number of halogens is 3. The second kappa shape index (κ2) is 6.41. The fourth-order valence-electron chi connectivity index (χ4n) is 0.512. The van der Waals surface area contributed by atoms with Crippen molar-refractivity contribution >= 4 is 25.1 Å². The standard InChI is InChI=1S/C5H2BF3N2S.K/c6-2-3(8)10-5(12-1-7)11-4(2)9;/h1H2;/q-1;+1. The first-order chi connectivity index (χ1) is 5.65. The zero-order valence-electron chi connectivity index (χ0n) is 6.72. The third-order valence-corrected chi connectivity index (χ3v) is 1.57. The molecular weight excluding hydrogens is 227 g/mol. The summed E-state index contributed by atoms with van der Waals surface area (Å²) >= 11 is 0.488. The van der Waals surface area contributed by atoms with Crippen molar-refractivity contribution in [3.63, 3.8) is 0 Å². The first-order valence-electron chi connectivity index (χ1n) is 2.82. The molecule has 0 aliphatic rings. The average molecular weight is 229 g/mol. The van der Waals surface area contributed by atoms with E-state index in [-0.39, 0.29) is 56.5 Å². The summed E-state index contributed by atoms with van der Waals surface area (Å²) in [5, 5.41) is -0.304. The van der Waals surface area contributed by atoms with E-state index in [0.717, 1.165) is 0 Å². The van der Waals surface area contributed by atoms with Gasteiger partial charge in [0.05, 0.1) is 0 Å². The van der Waals surface area contributed by atoms with Gasteiger partial charge in [0.1, 0.15) is 6.01 Å². The van der Waals surface area contributed by atoms with Gasteiger partial charge in [-0.1, -0.05) is 11.8 Å². The van der Waals surface area contributed by atoms with Gasteiger partial charge in [-0.15, -0.1) is 0 Å². The first-order valence-corrected chi connectivity index (χ1v) is 3.81. The molecule has 1 aromatic heterocycles. The smallest absolute Gasteiger partial charge is 0.568 e. The van der Waals surface area contributed by atoms with Crippen molar-refractivity contribution in [2.75, 3.05) is 6.01 Å². The van der Waals surface area contributed by atoms with Crippen molar-refractivity contribution in [3.05, 3.63) is 11.9 Å². The first kappa shape index (κ1) is 13.9. The molecule has 0 aliphatic carbocycles. The van der Waals surface area contributed by atoms with Gasteiger partial charge >= 0.3 is 51.4 Å². The van der Waals surface area contributed by atoms with Crippen LogP contribution in [0, 0.1) is 11.9 Å². The molecule has 0 saturated carbocycles. The summed E-state index contributed by atoms with van der Waals surface area (Å²) in [5.41, 5.74) is -0.752. The molecule has 8 heteroatoms. The summed E-state index contributed by atoms with van der Waals surface area (Å²) in [4.78, 5) is 6.21. The van der Waals surface area contributed by atoms with Gasteiger partial charge in [-0.2, -0.15) is 18.7 Å². The van der Waals surface area contributed by atoms with Crippen LogP contribution in [0.2, 0.25) is 0 Å². The number of nitrogens with zero attached hydrogens (tertiary/aromatic N) is 2. The molecule has 0 N–H and O–H groups in total. The molecule has 2 nitrogen and oxygen atoms in total. The molecule has 3 radical (unpaired) electrons. The van der Waals surface area contributed by atoms with E-state index in [0.29, 0.717) is 11.8 Å². The Bertz CT molecular complexity index is 278. The quantitative estimate of drug-likeness (QED) is 0.244. The van der Waals surface area contributed by atoms with Gasteiger partial charge in [-0.25, -0.2) is 9.85 Å². The fraction of sp³-hybridized carbons (Fsp3) is 0.200. The maximum atomic E-state index is 12.5. The molecule has 0 aliphatic heterocycles. The number of alkyl halides is 1. The summed E-state index contributed by atoms with van der Waals surface area (Å²) < 4.78 is 36.7. The molecule has 0 spiro atoms. The minimum absolute atomic E-state index is 0. The van der Waals surface area contributed by atoms with Gasteiger partial charge in [0.2, 0.25) is 0 Å². The molecule has 0 atom stereocenters. The Balaban J connectivity index is 0.00000144. The molecule has 0 aromatic carbocycles. The van der Waals surface area contributed by atoms with E-state index in [9.17, 15) is 13.2 Å². The molecule has 1 aromatic rings. The largest absolute Gasteiger partial charge is 1.00 e. The van der Waals surface area contributed by atoms with E-state index < -0.39 is 23.4 Å². The van der Waals surface area contributed by atoms with Crippen LogP contribution < -0.4 is 56.8 Å². The zero-order valence-corrected chi connectivity index (χ0v) is 10.7. The van der Waals surface area contributed by atoms with Crippen LogP contribution in [0.15, 0.2) is 5.16 Å². The molecule has 0 fully saturated rings. The van der Waals surface area contributed by atoms with Gasteiger partial charge in [-0.3, -0.25) is 0 Å². The predicted octanol–water partition coefficient (Wildman–Crippen LogP) is -2.43. The number of rotatable bonds is 2. The van der Waals surface area contributed by atoms with Crippen molar-refractivity contribution in [2.24, 2.45) is 0 Å². The van der Waals surface area contributed by atoms with E-state index >= 15 is 0 Å². The van der Waals surface area contributed by atoms with Gasteiger partial charge in [-0.05, 0) is 0 Å². The zero-order chi connectivity index (χ0) is 9.14. The maximum absolute atomic E-state index is 12.5. The minimum atomic E-state index is -1.17. The molecule has 0 unspecified atom stereocenters. The Morgan fingerprint density at radius 2 is 1.69 bits per heavy atom.